The van der Waals surface area contributed by atoms with Crippen LogP contribution in [0.25, 0.3) is 0 Å². The molecule has 10 heavy (non-hydrogen) atoms. The molecule has 0 aliphatic carbocycles. The molecule has 0 aromatic heterocycles. The SMILES string of the molecule is C=CC(C)([N+](=O)[O-])[N+](=O)[O-]. The molecule has 56 valence electrons. The van der Waals surface area contributed by atoms with Crippen LogP contribution >= 0.6 is 0 Å². The Morgan fingerprint density at radius 3 is 1.70 bits per heavy atom. The largest absolute Gasteiger partial charge is 0.474 e. The van der Waals surface area contributed by atoms with Gasteiger partial charge in [-0.1, -0.05) is 6.58 Å². The van der Waals surface area contributed by atoms with Crippen molar-refractivity contribution in [2.75, 3.05) is 0 Å². The highest BCUT2D eigenvalue weighted by Gasteiger charge is 2.46. The molecular formula is C4H6N2O4. The summed E-state index contributed by atoms with van der Waals surface area (Å²) >= 11 is 0. The minimum absolute atomic E-state index is 0.688. The Morgan fingerprint density at radius 2 is 1.70 bits per heavy atom. The Labute approximate surface area is 56.5 Å². The van der Waals surface area contributed by atoms with E-state index in [9.17, 15) is 20.2 Å². The van der Waals surface area contributed by atoms with Crippen molar-refractivity contribution in [1.82, 2.24) is 0 Å². The molecule has 6 nitrogen and oxygen atoms in total. The molecule has 0 aliphatic heterocycles. The predicted octanol–water partition coefficient (Wildman–Crippen LogP) is 0.442. The molecule has 0 saturated heterocycles. The molecule has 0 N–H and O–H groups in total. The molecule has 0 aromatic rings. The van der Waals surface area contributed by atoms with E-state index in [0.29, 0.717) is 6.08 Å². The summed E-state index contributed by atoms with van der Waals surface area (Å²) in [5, 5.41) is 20.0. The van der Waals surface area contributed by atoms with E-state index in [1.807, 2.05) is 0 Å². The molecule has 0 aliphatic rings. The molecule has 0 rings (SSSR count). The van der Waals surface area contributed by atoms with E-state index < -0.39 is 15.5 Å². The molecule has 0 amide bonds. The monoisotopic (exact) mass is 146 g/mol. The van der Waals surface area contributed by atoms with Gasteiger partial charge in [-0.3, -0.25) is 20.2 Å². The van der Waals surface area contributed by atoms with Crippen LogP contribution in [0, 0.1) is 20.2 Å². The van der Waals surface area contributed by atoms with E-state index in [-0.39, 0.29) is 0 Å². The molecule has 0 fully saturated rings. The normalized spacial score (nSPS) is 10.5. The van der Waals surface area contributed by atoms with Crippen LogP contribution < -0.4 is 0 Å². The zero-order valence-corrected chi connectivity index (χ0v) is 5.31. The highest BCUT2D eigenvalue weighted by Crippen LogP contribution is 2.09. The van der Waals surface area contributed by atoms with Crippen molar-refractivity contribution in [2.24, 2.45) is 0 Å². The maximum Gasteiger partial charge on any atom is 0.474 e. The first-order valence-electron chi connectivity index (χ1n) is 2.37. The summed E-state index contributed by atoms with van der Waals surface area (Å²) in [5.74, 6) is 0. The van der Waals surface area contributed by atoms with E-state index in [2.05, 4.69) is 6.58 Å². The van der Waals surface area contributed by atoms with Gasteiger partial charge in [0.05, 0.1) is 13.0 Å². The summed E-state index contributed by atoms with van der Waals surface area (Å²) < 4.78 is 0. The lowest BCUT2D eigenvalue weighted by Crippen LogP contribution is -2.40. The fourth-order valence-electron chi connectivity index (χ4n) is 0.216. The van der Waals surface area contributed by atoms with Gasteiger partial charge in [0.2, 0.25) is 0 Å². The topological polar surface area (TPSA) is 86.3 Å². The van der Waals surface area contributed by atoms with Gasteiger partial charge in [0, 0.05) is 0 Å². The molecule has 0 aromatic carbocycles. The number of hydrogen-bond acceptors (Lipinski definition) is 4. The Hall–Kier alpha value is -1.46. The van der Waals surface area contributed by atoms with E-state index >= 15 is 0 Å². The van der Waals surface area contributed by atoms with Gasteiger partial charge in [-0.15, -0.1) is 0 Å². The van der Waals surface area contributed by atoms with Crippen LogP contribution in [0.3, 0.4) is 0 Å². The standard InChI is InChI=1S/C4H6N2O4/c1-3-4(2,5(7)8)6(9)10/h3H,1H2,2H3. The second-order valence-electron chi connectivity index (χ2n) is 1.81. The summed E-state index contributed by atoms with van der Waals surface area (Å²) in [4.78, 5) is 18.0. The molecule has 0 bridgehead atoms. The lowest BCUT2D eigenvalue weighted by atomic mass is 10.2. The Bertz CT molecular complexity index is 174. The Morgan fingerprint density at radius 1 is 1.40 bits per heavy atom. The number of nitro groups is 2. The van der Waals surface area contributed by atoms with Gasteiger partial charge in [-0.2, -0.15) is 0 Å². The van der Waals surface area contributed by atoms with Crippen LogP contribution in [0.5, 0.6) is 0 Å². The van der Waals surface area contributed by atoms with Crippen LogP contribution in [0.2, 0.25) is 0 Å². The average Bonchev–Trinajstić information content (AvgIpc) is 1.85. The Kier molecular flexibility index (Phi) is 2.07. The van der Waals surface area contributed by atoms with Crippen molar-refractivity contribution in [3.8, 4) is 0 Å². The summed E-state index contributed by atoms with van der Waals surface area (Å²) in [6.07, 6.45) is 0.688. The Balaban J connectivity index is 4.72. The van der Waals surface area contributed by atoms with Crippen LogP contribution in [0.15, 0.2) is 12.7 Å². The van der Waals surface area contributed by atoms with E-state index in [1.54, 1.807) is 0 Å². The van der Waals surface area contributed by atoms with Crippen LogP contribution in [-0.4, -0.2) is 15.5 Å². The van der Waals surface area contributed by atoms with Gasteiger partial charge in [0.25, 0.3) is 0 Å². The van der Waals surface area contributed by atoms with Gasteiger partial charge in [-0.25, -0.2) is 0 Å². The average molecular weight is 146 g/mol. The van der Waals surface area contributed by atoms with Gasteiger partial charge in [0.15, 0.2) is 0 Å². The molecule has 0 radical (unpaired) electrons. The second kappa shape index (κ2) is 2.42. The number of hydrogen-bond donors (Lipinski definition) is 0. The molecule has 6 heteroatoms. The maximum absolute atomic E-state index is 9.99. The van der Waals surface area contributed by atoms with Crippen molar-refractivity contribution >= 4 is 0 Å². The lowest BCUT2D eigenvalue weighted by molar-refractivity contribution is -0.776. The fraction of sp³-hybridized carbons (Fsp3) is 0.500. The first-order chi connectivity index (χ1) is 4.45. The third-order valence-electron chi connectivity index (χ3n) is 1.13. The van der Waals surface area contributed by atoms with Crippen molar-refractivity contribution in [3.63, 3.8) is 0 Å². The van der Waals surface area contributed by atoms with Crippen molar-refractivity contribution in [3.05, 3.63) is 32.9 Å². The van der Waals surface area contributed by atoms with Gasteiger partial charge < -0.3 is 0 Å². The quantitative estimate of drug-likeness (QED) is 0.250. The minimum Gasteiger partial charge on any atom is -0.258 e. The summed E-state index contributed by atoms with van der Waals surface area (Å²) in [6, 6.07) is 0. The highest BCUT2D eigenvalue weighted by molar-refractivity contribution is 4.82. The zero-order chi connectivity index (χ0) is 8.36. The van der Waals surface area contributed by atoms with Crippen molar-refractivity contribution in [2.45, 2.75) is 12.6 Å². The van der Waals surface area contributed by atoms with Gasteiger partial charge in [0.1, 0.15) is 9.85 Å². The highest BCUT2D eigenvalue weighted by atomic mass is 16.7. The minimum atomic E-state index is -2.25. The molecule has 0 atom stereocenters. The van der Waals surface area contributed by atoms with Crippen molar-refractivity contribution < 1.29 is 9.85 Å². The molecule has 0 saturated carbocycles. The third kappa shape index (κ3) is 1.09. The predicted molar refractivity (Wildman–Crippen MR) is 32.6 cm³/mol. The molecule has 0 spiro atoms. The zero-order valence-electron chi connectivity index (χ0n) is 5.31. The van der Waals surface area contributed by atoms with Crippen LogP contribution in [0.4, 0.5) is 0 Å². The van der Waals surface area contributed by atoms with E-state index in [1.165, 1.54) is 0 Å². The van der Waals surface area contributed by atoms with E-state index in [4.69, 9.17) is 0 Å². The molecule has 0 heterocycles. The van der Waals surface area contributed by atoms with Crippen LogP contribution in [-0.2, 0) is 0 Å². The van der Waals surface area contributed by atoms with Gasteiger partial charge >= 0.3 is 5.66 Å². The fourth-order valence-corrected chi connectivity index (χ4v) is 0.216. The summed E-state index contributed by atoms with van der Waals surface area (Å²) in [6.45, 7) is 3.87. The van der Waals surface area contributed by atoms with Crippen LogP contribution in [0.1, 0.15) is 6.92 Å². The van der Waals surface area contributed by atoms with Crippen molar-refractivity contribution in [1.29, 1.82) is 0 Å². The second-order valence-corrected chi connectivity index (χ2v) is 1.81. The van der Waals surface area contributed by atoms with Gasteiger partial charge in [-0.05, 0) is 0 Å². The first-order valence-corrected chi connectivity index (χ1v) is 2.37. The van der Waals surface area contributed by atoms with E-state index in [0.717, 1.165) is 6.92 Å². The first kappa shape index (κ1) is 8.54. The summed E-state index contributed by atoms with van der Waals surface area (Å²) in [7, 11) is 0. The number of rotatable bonds is 3. The maximum atomic E-state index is 9.99. The molecular weight excluding hydrogens is 140 g/mol. The summed E-state index contributed by atoms with van der Waals surface area (Å²) in [5.41, 5.74) is -2.25. The lowest BCUT2D eigenvalue weighted by Gasteiger charge is -2.05. The smallest absolute Gasteiger partial charge is 0.258 e. The molecule has 0 unspecified atom stereocenters. The third-order valence-corrected chi connectivity index (χ3v) is 1.13. The number of nitrogens with zero attached hydrogens (tertiary/aromatic N) is 2.